The van der Waals surface area contributed by atoms with E-state index in [2.05, 4.69) is 20.7 Å². The second-order valence-corrected chi connectivity index (χ2v) is 9.27. The number of hydrogen-bond acceptors (Lipinski definition) is 6. The molecule has 0 spiro atoms. The Kier molecular flexibility index (Phi) is 5.95. The lowest BCUT2D eigenvalue weighted by atomic mass is 10.1. The smallest absolute Gasteiger partial charge is 0.315 e. The highest BCUT2D eigenvalue weighted by Gasteiger charge is 2.15. The first kappa shape index (κ1) is 20.2. The molecule has 0 atom stereocenters. The van der Waals surface area contributed by atoms with Crippen molar-refractivity contribution in [2.75, 3.05) is 6.54 Å². The van der Waals surface area contributed by atoms with Gasteiger partial charge in [-0.15, -0.1) is 22.7 Å². The molecule has 0 aromatic carbocycles. The van der Waals surface area contributed by atoms with E-state index in [1.54, 1.807) is 28.7 Å². The molecule has 3 heterocycles. The molecule has 0 aliphatic carbocycles. The SMILES string of the molecule is Cc1nc(-c2cccs2)sc1-c1ccc(=O)n(CCNC(=O)NC(C)(C)C)n1. The number of carbonyl (C=O) groups excluding carboxylic acids is 1. The van der Waals surface area contributed by atoms with E-state index in [1.165, 1.54) is 10.7 Å². The maximum atomic E-state index is 12.1. The van der Waals surface area contributed by atoms with Gasteiger partial charge in [-0.05, 0) is 45.2 Å². The molecule has 3 aromatic rings. The lowest BCUT2D eigenvalue weighted by molar-refractivity contribution is 0.231. The lowest BCUT2D eigenvalue weighted by Gasteiger charge is -2.20. The van der Waals surface area contributed by atoms with Gasteiger partial charge in [-0.2, -0.15) is 5.10 Å². The molecule has 0 bridgehead atoms. The summed E-state index contributed by atoms with van der Waals surface area (Å²) in [5.41, 5.74) is 1.07. The van der Waals surface area contributed by atoms with Crippen LogP contribution in [0.15, 0.2) is 34.4 Å². The van der Waals surface area contributed by atoms with Crippen LogP contribution in [-0.4, -0.2) is 32.9 Å². The summed E-state index contributed by atoms with van der Waals surface area (Å²) in [6.07, 6.45) is 0. The van der Waals surface area contributed by atoms with Crippen molar-refractivity contribution in [2.24, 2.45) is 0 Å². The average Bonchev–Trinajstić information content (AvgIpc) is 3.24. The predicted molar refractivity (Wildman–Crippen MR) is 114 cm³/mol. The van der Waals surface area contributed by atoms with Crippen LogP contribution in [0, 0.1) is 6.92 Å². The molecule has 0 aliphatic rings. The van der Waals surface area contributed by atoms with Gasteiger partial charge in [-0.3, -0.25) is 4.79 Å². The van der Waals surface area contributed by atoms with Gasteiger partial charge in [0.15, 0.2) is 0 Å². The van der Waals surface area contributed by atoms with Gasteiger partial charge in [-0.25, -0.2) is 14.5 Å². The normalized spacial score (nSPS) is 11.4. The van der Waals surface area contributed by atoms with Crippen molar-refractivity contribution >= 4 is 28.7 Å². The Hall–Kier alpha value is -2.52. The van der Waals surface area contributed by atoms with Gasteiger partial charge in [0.1, 0.15) is 10.7 Å². The number of urea groups is 1. The van der Waals surface area contributed by atoms with Crippen LogP contribution in [0.4, 0.5) is 4.79 Å². The number of hydrogen-bond donors (Lipinski definition) is 2. The Bertz CT molecular complexity index is 1020. The molecule has 3 aromatic heterocycles. The number of carbonyl (C=O) groups is 1. The molecule has 0 radical (unpaired) electrons. The van der Waals surface area contributed by atoms with E-state index in [1.807, 2.05) is 45.2 Å². The van der Waals surface area contributed by atoms with Gasteiger partial charge >= 0.3 is 6.03 Å². The van der Waals surface area contributed by atoms with Crippen molar-refractivity contribution in [1.29, 1.82) is 0 Å². The maximum Gasteiger partial charge on any atom is 0.315 e. The Balaban J connectivity index is 1.73. The zero-order valence-corrected chi connectivity index (χ0v) is 17.9. The summed E-state index contributed by atoms with van der Waals surface area (Å²) in [4.78, 5) is 30.7. The quantitative estimate of drug-likeness (QED) is 0.665. The molecule has 0 saturated heterocycles. The first-order valence-corrected chi connectivity index (χ1v) is 10.6. The summed E-state index contributed by atoms with van der Waals surface area (Å²) >= 11 is 3.20. The van der Waals surface area contributed by atoms with Crippen molar-refractivity contribution in [1.82, 2.24) is 25.4 Å². The summed E-state index contributed by atoms with van der Waals surface area (Å²) in [7, 11) is 0. The molecule has 7 nitrogen and oxygen atoms in total. The third-order valence-corrected chi connectivity index (χ3v) is 5.94. The fourth-order valence-corrected chi connectivity index (χ4v) is 4.36. The maximum absolute atomic E-state index is 12.1. The van der Waals surface area contributed by atoms with E-state index in [4.69, 9.17) is 0 Å². The number of thiazole rings is 1. The highest BCUT2D eigenvalue weighted by Crippen LogP contribution is 2.35. The number of thiophene rings is 1. The minimum Gasteiger partial charge on any atom is -0.336 e. The molecule has 9 heteroatoms. The predicted octanol–water partition coefficient (Wildman–Crippen LogP) is 3.50. The molecule has 0 saturated carbocycles. The highest BCUT2D eigenvalue weighted by atomic mass is 32.1. The topological polar surface area (TPSA) is 88.9 Å². The molecule has 0 fully saturated rings. The van der Waals surface area contributed by atoms with Gasteiger partial charge in [0.25, 0.3) is 5.56 Å². The summed E-state index contributed by atoms with van der Waals surface area (Å²) in [5, 5.41) is 13.0. The first-order chi connectivity index (χ1) is 13.2. The zero-order valence-electron chi connectivity index (χ0n) is 16.3. The molecular formula is C19H23N5O2S2. The van der Waals surface area contributed by atoms with Crippen molar-refractivity contribution in [2.45, 2.75) is 39.8 Å². The van der Waals surface area contributed by atoms with E-state index in [-0.39, 0.29) is 17.1 Å². The van der Waals surface area contributed by atoms with Crippen LogP contribution in [0.25, 0.3) is 20.5 Å². The van der Waals surface area contributed by atoms with E-state index in [0.717, 1.165) is 20.5 Å². The minimum atomic E-state index is -0.316. The van der Waals surface area contributed by atoms with Crippen LogP contribution in [-0.2, 0) is 6.54 Å². The minimum absolute atomic E-state index is 0.206. The lowest BCUT2D eigenvalue weighted by Crippen LogP contribution is -2.47. The fraction of sp³-hybridized carbons (Fsp3) is 0.368. The van der Waals surface area contributed by atoms with Gasteiger partial charge in [0.05, 0.1) is 22.0 Å². The fourth-order valence-electron chi connectivity index (χ4n) is 2.53. The van der Waals surface area contributed by atoms with Crippen LogP contribution in [0.5, 0.6) is 0 Å². The van der Waals surface area contributed by atoms with Crippen LogP contribution < -0.4 is 16.2 Å². The van der Waals surface area contributed by atoms with Crippen molar-refractivity contribution in [3.05, 3.63) is 45.7 Å². The third kappa shape index (κ3) is 5.05. The second kappa shape index (κ2) is 8.24. The van der Waals surface area contributed by atoms with Gasteiger partial charge < -0.3 is 10.6 Å². The van der Waals surface area contributed by atoms with Gasteiger partial charge in [0, 0.05) is 18.2 Å². The molecule has 28 heavy (non-hydrogen) atoms. The number of amides is 2. The molecule has 2 amide bonds. The van der Waals surface area contributed by atoms with Crippen LogP contribution in [0.1, 0.15) is 26.5 Å². The van der Waals surface area contributed by atoms with E-state index in [9.17, 15) is 9.59 Å². The number of aryl methyl sites for hydroxylation is 1. The number of nitrogens with one attached hydrogen (secondary N) is 2. The van der Waals surface area contributed by atoms with Crippen molar-refractivity contribution in [3.63, 3.8) is 0 Å². The van der Waals surface area contributed by atoms with Crippen LogP contribution in [0.3, 0.4) is 0 Å². The summed E-state index contributed by atoms with van der Waals surface area (Å²) in [5.74, 6) is 0. The first-order valence-electron chi connectivity index (χ1n) is 8.89. The summed E-state index contributed by atoms with van der Waals surface area (Å²) in [6.45, 7) is 8.26. The van der Waals surface area contributed by atoms with Crippen molar-refractivity contribution in [3.8, 4) is 20.5 Å². The Morgan fingerprint density at radius 2 is 2.04 bits per heavy atom. The standard InChI is InChI=1S/C19H23N5O2S2/c1-12-16(28-17(21-12)14-6-5-11-27-14)13-7-8-15(25)24(23-13)10-9-20-18(26)22-19(2,3)4/h5-8,11H,9-10H2,1-4H3,(H2,20,22,26). The molecule has 0 unspecified atom stereocenters. The molecule has 2 N–H and O–H groups in total. The molecular weight excluding hydrogens is 394 g/mol. The molecule has 0 aliphatic heterocycles. The average molecular weight is 418 g/mol. The molecule has 148 valence electrons. The Morgan fingerprint density at radius 1 is 1.25 bits per heavy atom. The van der Waals surface area contributed by atoms with Gasteiger partial charge in [-0.1, -0.05) is 6.07 Å². The Morgan fingerprint density at radius 3 is 2.71 bits per heavy atom. The monoisotopic (exact) mass is 417 g/mol. The molecule has 3 rings (SSSR count). The van der Waals surface area contributed by atoms with Crippen LogP contribution >= 0.6 is 22.7 Å². The largest absolute Gasteiger partial charge is 0.336 e. The van der Waals surface area contributed by atoms with Crippen LogP contribution in [0.2, 0.25) is 0 Å². The zero-order chi connectivity index (χ0) is 20.3. The van der Waals surface area contributed by atoms with E-state index < -0.39 is 0 Å². The number of nitrogens with zero attached hydrogens (tertiary/aromatic N) is 3. The summed E-state index contributed by atoms with van der Waals surface area (Å²) < 4.78 is 1.37. The summed E-state index contributed by atoms with van der Waals surface area (Å²) in [6, 6.07) is 6.99. The number of aromatic nitrogens is 3. The van der Waals surface area contributed by atoms with E-state index in [0.29, 0.717) is 18.8 Å². The second-order valence-electron chi connectivity index (χ2n) is 7.32. The van der Waals surface area contributed by atoms with Crippen molar-refractivity contribution < 1.29 is 4.79 Å². The van der Waals surface area contributed by atoms with E-state index >= 15 is 0 Å². The highest BCUT2D eigenvalue weighted by molar-refractivity contribution is 7.23. The van der Waals surface area contributed by atoms with Gasteiger partial charge in [0.2, 0.25) is 0 Å². The number of rotatable bonds is 5. The Labute approximate surface area is 171 Å². The third-order valence-electron chi connectivity index (χ3n) is 3.73.